The minimum absolute atomic E-state index is 0.0928. The van der Waals surface area contributed by atoms with Crippen molar-refractivity contribution in [2.24, 2.45) is 0 Å². The molecule has 0 aliphatic carbocycles. The second kappa shape index (κ2) is 7.14. The summed E-state index contributed by atoms with van der Waals surface area (Å²) < 4.78 is 32.4. The normalized spacial score (nSPS) is 18.9. The van der Waals surface area contributed by atoms with Crippen LogP contribution in [0.2, 0.25) is 5.02 Å². The van der Waals surface area contributed by atoms with Gasteiger partial charge in [0.1, 0.15) is 6.61 Å². The molecule has 0 aromatic heterocycles. The lowest BCUT2D eigenvalue weighted by Gasteiger charge is -2.39. The number of amides is 1. The number of hydrogen-bond donors (Lipinski definition) is 0. The number of hydrogen-bond acceptors (Lipinski definition) is 4. The molecule has 27 heavy (non-hydrogen) atoms. The predicted molar refractivity (Wildman–Crippen MR) is 102 cm³/mol. The number of piperidine rings is 1. The number of ether oxygens (including phenoxy) is 1. The van der Waals surface area contributed by atoms with E-state index in [2.05, 4.69) is 0 Å². The van der Waals surface area contributed by atoms with Crippen LogP contribution in [-0.4, -0.2) is 37.9 Å². The average Bonchev–Trinajstić information content (AvgIpc) is 2.68. The van der Waals surface area contributed by atoms with Crippen LogP contribution in [-0.2, 0) is 21.4 Å². The van der Waals surface area contributed by atoms with E-state index in [1.165, 1.54) is 10.4 Å². The minimum Gasteiger partial charge on any atom is -0.444 e. The zero-order valence-electron chi connectivity index (χ0n) is 14.5. The molecule has 0 spiro atoms. The van der Waals surface area contributed by atoms with Crippen molar-refractivity contribution in [2.75, 3.05) is 18.0 Å². The summed E-state index contributed by atoms with van der Waals surface area (Å²) in [7, 11) is -3.60. The molecule has 4 rings (SSSR count). The van der Waals surface area contributed by atoms with E-state index in [1.807, 2.05) is 24.3 Å². The molecular weight excluding hydrogens is 388 g/mol. The van der Waals surface area contributed by atoms with Crippen LogP contribution in [0.1, 0.15) is 18.4 Å². The Morgan fingerprint density at radius 3 is 2.52 bits per heavy atom. The van der Waals surface area contributed by atoms with E-state index >= 15 is 0 Å². The van der Waals surface area contributed by atoms with E-state index in [9.17, 15) is 13.2 Å². The molecule has 8 heteroatoms. The fourth-order valence-corrected chi connectivity index (χ4v) is 5.41. The Morgan fingerprint density at radius 1 is 1.04 bits per heavy atom. The second-order valence-electron chi connectivity index (χ2n) is 6.65. The van der Waals surface area contributed by atoms with Crippen LogP contribution < -0.4 is 4.90 Å². The van der Waals surface area contributed by atoms with Crippen LogP contribution in [0.4, 0.5) is 10.5 Å². The molecule has 1 fully saturated rings. The summed E-state index contributed by atoms with van der Waals surface area (Å²) in [4.78, 5) is 14.2. The highest BCUT2D eigenvalue weighted by Crippen LogP contribution is 2.33. The van der Waals surface area contributed by atoms with Gasteiger partial charge in [0.2, 0.25) is 10.0 Å². The second-order valence-corrected chi connectivity index (χ2v) is 9.02. The molecular formula is C19H19ClN2O4S. The highest BCUT2D eigenvalue weighted by Gasteiger charge is 2.36. The molecule has 0 atom stereocenters. The number of cyclic esters (lactones) is 1. The highest BCUT2D eigenvalue weighted by atomic mass is 35.5. The van der Waals surface area contributed by atoms with Crippen molar-refractivity contribution in [1.82, 2.24) is 4.31 Å². The first-order valence-electron chi connectivity index (χ1n) is 8.76. The molecule has 2 heterocycles. The Balaban J connectivity index is 1.52. The fourth-order valence-electron chi connectivity index (χ4n) is 3.64. The lowest BCUT2D eigenvalue weighted by atomic mass is 10.0. The molecule has 0 radical (unpaired) electrons. The third kappa shape index (κ3) is 3.42. The van der Waals surface area contributed by atoms with E-state index in [0.717, 1.165) is 11.3 Å². The zero-order valence-corrected chi connectivity index (χ0v) is 16.1. The molecule has 2 aliphatic heterocycles. The first-order valence-corrected chi connectivity index (χ1v) is 10.6. The maximum atomic E-state index is 12.8. The van der Waals surface area contributed by atoms with Crippen molar-refractivity contribution in [1.29, 1.82) is 0 Å². The third-order valence-electron chi connectivity index (χ3n) is 5.02. The van der Waals surface area contributed by atoms with Crippen LogP contribution in [0.5, 0.6) is 0 Å². The van der Waals surface area contributed by atoms with E-state index in [1.54, 1.807) is 23.1 Å². The number of para-hydroxylation sites is 1. The lowest BCUT2D eigenvalue weighted by Crippen LogP contribution is -2.50. The van der Waals surface area contributed by atoms with Crippen molar-refractivity contribution < 1.29 is 17.9 Å². The average molecular weight is 407 g/mol. The van der Waals surface area contributed by atoms with Gasteiger partial charge in [-0.3, -0.25) is 4.90 Å². The predicted octanol–water partition coefficient (Wildman–Crippen LogP) is 3.65. The maximum absolute atomic E-state index is 12.8. The monoisotopic (exact) mass is 406 g/mol. The Morgan fingerprint density at radius 2 is 1.78 bits per heavy atom. The Hall–Kier alpha value is -2.09. The van der Waals surface area contributed by atoms with Gasteiger partial charge in [0.25, 0.3) is 0 Å². The van der Waals surface area contributed by atoms with Crippen molar-refractivity contribution >= 4 is 33.4 Å². The van der Waals surface area contributed by atoms with Gasteiger partial charge < -0.3 is 4.74 Å². The molecule has 142 valence electrons. The summed E-state index contributed by atoms with van der Waals surface area (Å²) in [6.45, 7) is 0.949. The summed E-state index contributed by atoms with van der Waals surface area (Å²) >= 11 is 5.94. The molecule has 6 nitrogen and oxygen atoms in total. The smallest absolute Gasteiger partial charge is 0.414 e. The SMILES string of the molecule is O=C1OCc2ccccc2N1C1CCN(S(=O)(=O)c2cccc(Cl)c2)CC1. The standard InChI is InChI=1S/C19H19ClN2O4S/c20-15-5-3-6-17(12-15)27(24,25)21-10-8-16(9-11-21)22-18-7-2-1-4-14(18)13-26-19(22)23/h1-7,12,16H,8-11,13H2. The first kappa shape index (κ1) is 18.3. The van der Waals surface area contributed by atoms with Crippen LogP contribution in [0, 0.1) is 0 Å². The number of rotatable bonds is 3. The van der Waals surface area contributed by atoms with Gasteiger partial charge in [0.15, 0.2) is 0 Å². The number of sulfonamides is 1. The van der Waals surface area contributed by atoms with Crippen LogP contribution >= 0.6 is 11.6 Å². The molecule has 0 bridgehead atoms. The number of halogens is 1. The summed E-state index contributed by atoms with van der Waals surface area (Å²) in [5, 5.41) is 0.388. The van der Waals surface area contributed by atoms with Crippen LogP contribution in [0.25, 0.3) is 0 Å². The number of nitrogens with zero attached hydrogens (tertiary/aromatic N) is 2. The Bertz CT molecular complexity index is 971. The van der Waals surface area contributed by atoms with Crippen molar-refractivity contribution in [3.05, 3.63) is 59.1 Å². The molecule has 2 aliphatic rings. The number of benzene rings is 2. The molecule has 0 saturated carbocycles. The zero-order chi connectivity index (χ0) is 19.0. The van der Waals surface area contributed by atoms with Crippen molar-refractivity contribution in [2.45, 2.75) is 30.4 Å². The molecule has 1 saturated heterocycles. The number of anilines is 1. The lowest BCUT2D eigenvalue weighted by molar-refractivity contribution is 0.136. The summed E-state index contributed by atoms with van der Waals surface area (Å²) in [5.74, 6) is 0. The quantitative estimate of drug-likeness (QED) is 0.780. The topological polar surface area (TPSA) is 66.9 Å². The minimum atomic E-state index is -3.60. The van der Waals surface area contributed by atoms with Gasteiger partial charge in [0.05, 0.1) is 10.6 Å². The first-order chi connectivity index (χ1) is 13.0. The van der Waals surface area contributed by atoms with Crippen LogP contribution in [0.3, 0.4) is 0 Å². The molecule has 2 aromatic carbocycles. The van der Waals surface area contributed by atoms with Gasteiger partial charge >= 0.3 is 6.09 Å². The van der Waals surface area contributed by atoms with Crippen molar-refractivity contribution in [3.8, 4) is 0 Å². The largest absolute Gasteiger partial charge is 0.444 e. The van der Waals surface area contributed by atoms with Gasteiger partial charge in [-0.15, -0.1) is 0 Å². The summed E-state index contributed by atoms with van der Waals surface area (Å²) in [6.07, 6.45) is 0.719. The number of carbonyl (C=O) groups is 1. The van der Waals surface area contributed by atoms with E-state index in [4.69, 9.17) is 16.3 Å². The van der Waals surface area contributed by atoms with E-state index in [0.29, 0.717) is 31.0 Å². The molecule has 0 N–H and O–H groups in total. The van der Waals surface area contributed by atoms with Gasteiger partial charge in [-0.2, -0.15) is 4.31 Å². The van der Waals surface area contributed by atoms with Gasteiger partial charge in [-0.05, 0) is 37.1 Å². The van der Waals surface area contributed by atoms with E-state index in [-0.39, 0.29) is 23.6 Å². The summed E-state index contributed by atoms with van der Waals surface area (Å²) in [5.41, 5.74) is 1.82. The summed E-state index contributed by atoms with van der Waals surface area (Å²) in [6, 6.07) is 13.8. The Labute approximate surface area is 163 Å². The third-order valence-corrected chi connectivity index (χ3v) is 7.15. The molecule has 0 unspecified atom stereocenters. The Kier molecular flexibility index (Phi) is 4.84. The van der Waals surface area contributed by atoms with Gasteiger partial charge in [-0.1, -0.05) is 35.9 Å². The van der Waals surface area contributed by atoms with E-state index < -0.39 is 10.0 Å². The van der Waals surface area contributed by atoms with Gasteiger partial charge in [-0.25, -0.2) is 13.2 Å². The maximum Gasteiger partial charge on any atom is 0.414 e. The fraction of sp³-hybridized carbons (Fsp3) is 0.316. The number of carbonyl (C=O) groups excluding carboxylic acids is 1. The molecule has 2 aromatic rings. The van der Waals surface area contributed by atoms with Crippen molar-refractivity contribution in [3.63, 3.8) is 0 Å². The molecule has 1 amide bonds. The number of fused-ring (bicyclic) bond motifs is 1. The van der Waals surface area contributed by atoms with Gasteiger partial charge in [0, 0.05) is 29.7 Å². The highest BCUT2D eigenvalue weighted by molar-refractivity contribution is 7.89. The van der Waals surface area contributed by atoms with Crippen LogP contribution in [0.15, 0.2) is 53.4 Å².